The van der Waals surface area contributed by atoms with Gasteiger partial charge in [-0.2, -0.15) is 5.10 Å². The second-order valence-corrected chi connectivity index (χ2v) is 4.64. The number of hydrogen-bond acceptors (Lipinski definition) is 3. The molecule has 96 valence electrons. The third-order valence-corrected chi connectivity index (χ3v) is 3.61. The van der Waals surface area contributed by atoms with Crippen LogP contribution in [0.5, 0.6) is 0 Å². The van der Waals surface area contributed by atoms with Gasteiger partial charge in [-0.25, -0.2) is 9.67 Å². The third-order valence-electron chi connectivity index (χ3n) is 3.06. The maximum atomic E-state index is 11.3. The van der Waals surface area contributed by atoms with Gasteiger partial charge in [0.25, 0.3) is 0 Å². The predicted octanol–water partition coefficient (Wildman–Crippen LogP) is 2.60. The highest BCUT2D eigenvalue weighted by Gasteiger charge is 2.18. The van der Waals surface area contributed by atoms with Gasteiger partial charge < -0.3 is 0 Å². The molecule has 0 N–H and O–H groups in total. The monoisotopic (exact) mass is 274 g/mol. The van der Waals surface area contributed by atoms with Crippen LogP contribution in [0.4, 0.5) is 0 Å². The molecule has 6 heteroatoms. The lowest BCUT2D eigenvalue weighted by atomic mass is 10.4. The number of aryl methyl sites for hydroxylation is 1. The second kappa shape index (κ2) is 4.20. The smallest absolute Gasteiger partial charge is 0.183 e. The summed E-state index contributed by atoms with van der Waals surface area (Å²) in [4.78, 5) is 15.8. The van der Waals surface area contributed by atoms with Crippen molar-refractivity contribution >= 4 is 23.5 Å². The molecule has 0 aliphatic carbocycles. The van der Waals surface area contributed by atoms with E-state index in [1.807, 2.05) is 32.0 Å². The Labute approximate surface area is 114 Å². The lowest BCUT2D eigenvalue weighted by Gasteiger charge is -2.00. The molecule has 0 aliphatic heterocycles. The maximum absolute atomic E-state index is 11.3. The van der Waals surface area contributed by atoms with Crippen LogP contribution in [0.1, 0.15) is 21.9 Å². The number of aromatic nitrogens is 4. The molecule has 0 unspecified atom stereocenters. The van der Waals surface area contributed by atoms with Crippen molar-refractivity contribution in [2.24, 2.45) is 0 Å². The number of pyridine rings is 1. The molecule has 0 atom stereocenters. The molecular formula is C13H11ClN4O. The highest BCUT2D eigenvalue weighted by atomic mass is 35.5. The van der Waals surface area contributed by atoms with Crippen molar-refractivity contribution in [2.75, 3.05) is 0 Å². The molecule has 0 aromatic carbocycles. The summed E-state index contributed by atoms with van der Waals surface area (Å²) in [5, 5.41) is 4.93. The fourth-order valence-electron chi connectivity index (χ4n) is 2.10. The van der Waals surface area contributed by atoms with Gasteiger partial charge in [0.15, 0.2) is 12.1 Å². The van der Waals surface area contributed by atoms with E-state index in [-0.39, 0.29) is 0 Å². The Kier molecular flexibility index (Phi) is 2.64. The molecule has 0 amide bonds. The minimum Gasteiger partial charge on any atom is -0.296 e. The number of rotatable bonds is 2. The van der Waals surface area contributed by atoms with Gasteiger partial charge in [0, 0.05) is 6.20 Å². The first-order valence-electron chi connectivity index (χ1n) is 5.78. The maximum Gasteiger partial charge on any atom is 0.183 e. The van der Waals surface area contributed by atoms with E-state index in [1.54, 1.807) is 15.3 Å². The molecule has 0 saturated carbocycles. The van der Waals surface area contributed by atoms with Gasteiger partial charge in [0.1, 0.15) is 11.3 Å². The van der Waals surface area contributed by atoms with E-state index < -0.39 is 0 Å². The normalized spacial score (nSPS) is 11.1. The van der Waals surface area contributed by atoms with Crippen LogP contribution in [0.3, 0.4) is 0 Å². The lowest BCUT2D eigenvalue weighted by molar-refractivity contribution is 0.111. The molecule has 3 heterocycles. The van der Waals surface area contributed by atoms with Crippen LogP contribution in [-0.4, -0.2) is 25.5 Å². The molecule has 3 rings (SSSR count). The number of carbonyl (C=O) groups excluding carboxylic acids is 1. The quantitative estimate of drug-likeness (QED) is 0.675. The largest absolute Gasteiger partial charge is 0.296 e. The first-order valence-corrected chi connectivity index (χ1v) is 6.15. The van der Waals surface area contributed by atoms with Crippen LogP contribution in [0.2, 0.25) is 5.02 Å². The molecule has 0 radical (unpaired) electrons. The van der Waals surface area contributed by atoms with Crippen LogP contribution in [0.25, 0.3) is 11.5 Å². The molecular weight excluding hydrogens is 264 g/mol. The summed E-state index contributed by atoms with van der Waals surface area (Å²) < 4.78 is 3.33. The molecule has 0 aliphatic rings. The lowest BCUT2D eigenvalue weighted by Crippen LogP contribution is -2.03. The fraction of sp³-hybridized carbons (Fsp3) is 0.154. The van der Waals surface area contributed by atoms with E-state index in [4.69, 9.17) is 11.6 Å². The Hall–Kier alpha value is -2.14. The third kappa shape index (κ3) is 1.66. The number of hydrogen-bond donors (Lipinski definition) is 0. The Morgan fingerprint density at radius 1 is 1.32 bits per heavy atom. The first-order chi connectivity index (χ1) is 9.13. The fourth-order valence-corrected chi connectivity index (χ4v) is 2.22. The van der Waals surface area contributed by atoms with E-state index in [2.05, 4.69) is 10.1 Å². The van der Waals surface area contributed by atoms with Crippen molar-refractivity contribution in [1.29, 1.82) is 0 Å². The zero-order chi connectivity index (χ0) is 13.6. The van der Waals surface area contributed by atoms with E-state index >= 15 is 0 Å². The summed E-state index contributed by atoms with van der Waals surface area (Å²) in [6.07, 6.45) is 2.57. The zero-order valence-electron chi connectivity index (χ0n) is 10.5. The van der Waals surface area contributed by atoms with Crippen molar-refractivity contribution in [1.82, 2.24) is 19.2 Å². The van der Waals surface area contributed by atoms with Gasteiger partial charge >= 0.3 is 0 Å². The minimum atomic E-state index is 0.456. The van der Waals surface area contributed by atoms with E-state index in [9.17, 15) is 4.79 Å². The summed E-state index contributed by atoms with van der Waals surface area (Å²) >= 11 is 6.14. The van der Waals surface area contributed by atoms with Gasteiger partial charge in [-0.3, -0.25) is 9.20 Å². The highest BCUT2D eigenvalue weighted by molar-refractivity contribution is 6.31. The molecule has 5 nitrogen and oxygen atoms in total. The van der Waals surface area contributed by atoms with Crippen LogP contribution < -0.4 is 0 Å². The Morgan fingerprint density at radius 3 is 2.74 bits per heavy atom. The number of halogens is 1. The summed E-state index contributed by atoms with van der Waals surface area (Å²) in [5.74, 6) is 0.494. The Bertz CT molecular complexity index is 787. The average Bonchev–Trinajstić information content (AvgIpc) is 2.91. The van der Waals surface area contributed by atoms with Crippen LogP contribution in [0, 0.1) is 13.8 Å². The van der Waals surface area contributed by atoms with Gasteiger partial charge in [-0.05, 0) is 26.0 Å². The van der Waals surface area contributed by atoms with Crippen molar-refractivity contribution in [3.63, 3.8) is 0 Å². The van der Waals surface area contributed by atoms with Crippen molar-refractivity contribution < 1.29 is 4.79 Å². The second-order valence-electron chi connectivity index (χ2n) is 4.26. The van der Waals surface area contributed by atoms with Crippen LogP contribution in [0.15, 0.2) is 24.4 Å². The van der Waals surface area contributed by atoms with Crippen molar-refractivity contribution in [2.45, 2.75) is 13.8 Å². The molecule has 3 aromatic rings. The number of imidazole rings is 1. The summed E-state index contributed by atoms with van der Waals surface area (Å²) in [5.41, 5.74) is 2.64. The molecule has 19 heavy (non-hydrogen) atoms. The molecule has 0 fully saturated rings. The summed E-state index contributed by atoms with van der Waals surface area (Å²) in [6.45, 7) is 3.67. The van der Waals surface area contributed by atoms with Crippen LogP contribution >= 0.6 is 11.6 Å². The minimum absolute atomic E-state index is 0.456. The number of fused-ring (bicyclic) bond motifs is 1. The van der Waals surface area contributed by atoms with Crippen LogP contribution in [-0.2, 0) is 0 Å². The summed E-state index contributed by atoms with van der Waals surface area (Å²) in [7, 11) is 0. The topological polar surface area (TPSA) is 52.2 Å². The Morgan fingerprint density at radius 2 is 2.11 bits per heavy atom. The van der Waals surface area contributed by atoms with E-state index in [1.165, 1.54) is 0 Å². The summed E-state index contributed by atoms with van der Waals surface area (Å²) in [6, 6.07) is 5.55. The Balaban J connectivity index is 2.36. The predicted molar refractivity (Wildman–Crippen MR) is 72.2 cm³/mol. The van der Waals surface area contributed by atoms with Gasteiger partial charge in [-0.1, -0.05) is 17.7 Å². The molecule has 0 saturated heterocycles. The number of carbonyl (C=O) groups is 1. The molecule has 0 bridgehead atoms. The van der Waals surface area contributed by atoms with E-state index in [0.29, 0.717) is 27.9 Å². The van der Waals surface area contributed by atoms with Gasteiger partial charge in [0.05, 0.1) is 16.4 Å². The van der Waals surface area contributed by atoms with Gasteiger partial charge in [0.2, 0.25) is 0 Å². The van der Waals surface area contributed by atoms with Crippen molar-refractivity contribution in [3.8, 4) is 5.82 Å². The number of aldehydes is 1. The molecule has 0 spiro atoms. The number of nitrogens with zero attached hydrogens (tertiary/aromatic N) is 4. The standard InChI is InChI=1S/C13H11ClN4O/c1-8-12(14)9(2)18(16-8)13-10(7-19)17-6-4-3-5-11(17)15-13/h3-7H,1-2H3. The van der Waals surface area contributed by atoms with Crippen molar-refractivity contribution in [3.05, 3.63) is 46.5 Å². The first kappa shape index (κ1) is 11.9. The van der Waals surface area contributed by atoms with E-state index in [0.717, 1.165) is 12.0 Å². The van der Waals surface area contributed by atoms with Gasteiger partial charge in [-0.15, -0.1) is 0 Å². The zero-order valence-corrected chi connectivity index (χ0v) is 11.2. The SMILES string of the molecule is Cc1nn(-c2nc3ccccn3c2C=O)c(C)c1Cl. The highest BCUT2D eigenvalue weighted by Crippen LogP contribution is 2.23. The average molecular weight is 275 g/mol. The molecule has 3 aromatic heterocycles.